The lowest BCUT2D eigenvalue weighted by Crippen LogP contribution is -2.14. The SMILES string of the molecule is CCn1c(C)cc(C(=O)Nc2ccc(CC(C)C(=O)O)cc2)c1C. The molecule has 0 bridgehead atoms. The standard InChI is InChI=1S/C19H24N2O3/c1-5-21-13(3)11-17(14(21)4)18(22)20-16-8-6-15(7-9-16)10-12(2)19(23)24/h6-9,11-12H,5,10H2,1-4H3,(H,20,22)(H,23,24). The molecule has 0 aliphatic heterocycles. The van der Waals surface area contributed by atoms with Crippen molar-refractivity contribution in [3.63, 3.8) is 0 Å². The molecule has 1 amide bonds. The van der Waals surface area contributed by atoms with Crippen LogP contribution in [0.25, 0.3) is 0 Å². The molecule has 5 heteroatoms. The first-order chi connectivity index (χ1) is 11.3. The number of hydrogen-bond acceptors (Lipinski definition) is 2. The Bertz CT molecular complexity index is 745. The number of rotatable bonds is 6. The van der Waals surface area contributed by atoms with E-state index < -0.39 is 11.9 Å². The Balaban J connectivity index is 2.08. The number of aliphatic carboxylic acids is 1. The van der Waals surface area contributed by atoms with Gasteiger partial charge in [-0.1, -0.05) is 19.1 Å². The molecule has 1 aromatic heterocycles. The first kappa shape index (κ1) is 17.8. The summed E-state index contributed by atoms with van der Waals surface area (Å²) in [4.78, 5) is 23.4. The summed E-state index contributed by atoms with van der Waals surface area (Å²) in [6.45, 7) is 8.51. The van der Waals surface area contributed by atoms with Crippen molar-refractivity contribution in [2.75, 3.05) is 5.32 Å². The number of carboxylic acid groups (broad SMARTS) is 1. The highest BCUT2D eigenvalue weighted by molar-refractivity contribution is 6.05. The zero-order valence-electron chi connectivity index (χ0n) is 14.6. The van der Waals surface area contributed by atoms with E-state index in [9.17, 15) is 9.59 Å². The number of aromatic nitrogens is 1. The third kappa shape index (κ3) is 3.85. The van der Waals surface area contributed by atoms with Gasteiger partial charge < -0.3 is 15.0 Å². The fourth-order valence-corrected chi connectivity index (χ4v) is 2.88. The Morgan fingerprint density at radius 1 is 1.21 bits per heavy atom. The van der Waals surface area contributed by atoms with Crippen LogP contribution in [0.5, 0.6) is 0 Å². The number of carboxylic acids is 1. The van der Waals surface area contributed by atoms with Crippen LogP contribution < -0.4 is 5.32 Å². The van der Waals surface area contributed by atoms with Gasteiger partial charge in [-0.3, -0.25) is 9.59 Å². The lowest BCUT2D eigenvalue weighted by Gasteiger charge is -2.09. The Morgan fingerprint density at radius 2 is 1.83 bits per heavy atom. The number of benzene rings is 1. The molecule has 2 aromatic rings. The average molecular weight is 328 g/mol. The van der Waals surface area contributed by atoms with E-state index >= 15 is 0 Å². The van der Waals surface area contributed by atoms with Crippen molar-refractivity contribution in [2.24, 2.45) is 5.92 Å². The maximum atomic E-state index is 12.5. The summed E-state index contributed by atoms with van der Waals surface area (Å²) in [5.74, 6) is -1.36. The molecule has 1 unspecified atom stereocenters. The van der Waals surface area contributed by atoms with Crippen LogP contribution in [0.2, 0.25) is 0 Å². The Morgan fingerprint density at radius 3 is 2.33 bits per heavy atom. The summed E-state index contributed by atoms with van der Waals surface area (Å²) < 4.78 is 2.10. The van der Waals surface area contributed by atoms with Crippen LogP contribution in [0.3, 0.4) is 0 Å². The zero-order chi connectivity index (χ0) is 17.9. The monoisotopic (exact) mass is 328 g/mol. The van der Waals surface area contributed by atoms with Crippen LogP contribution in [-0.4, -0.2) is 21.6 Å². The largest absolute Gasteiger partial charge is 0.481 e. The third-order valence-electron chi connectivity index (χ3n) is 4.31. The molecule has 128 valence electrons. The Hall–Kier alpha value is -2.56. The summed E-state index contributed by atoms with van der Waals surface area (Å²) in [6, 6.07) is 9.22. The van der Waals surface area contributed by atoms with Crippen molar-refractivity contribution in [1.29, 1.82) is 0 Å². The number of anilines is 1. The molecule has 1 aromatic carbocycles. The van der Waals surface area contributed by atoms with Crippen LogP contribution in [-0.2, 0) is 17.8 Å². The fourth-order valence-electron chi connectivity index (χ4n) is 2.88. The summed E-state index contributed by atoms with van der Waals surface area (Å²) in [5, 5.41) is 11.9. The molecular formula is C19H24N2O3. The summed E-state index contributed by atoms with van der Waals surface area (Å²) >= 11 is 0. The molecule has 2 N–H and O–H groups in total. The Labute approximate surface area is 142 Å². The number of hydrogen-bond donors (Lipinski definition) is 2. The molecule has 5 nitrogen and oxygen atoms in total. The van der Waals surface area contributed by atoms with Gasteiger partial charge in [0.15, 0.2) is 0 Å². The van der Waals surface area contributed by atoms with Crippen LogP contribution in [0.15, 0.2) is 30.3 Å². The summed E-state index contributed by atoms with van der Waals surface area (Å²) in [7, 11) is 0. The Kier molecular flexibility index (Phi) is 5.44. The molecule has 0 aliphatic rings. The van der Waals surface area contributed by atoms with E-state index in [1.165, 1.54) is 0 Å². The maximum absolute atomic E-state index is 12.5. The van der Waals surface area contributed by atoms with Crippen molar-refractivity contribution < 1.29 is 14.7 Å². The lowest BCUT2D eigenvalue weighted by molar-refractivity contribution is -0.141. The molecule has 1 atom stereocenters. The molecule has 0 aliphatic carbocycles. The highest BCUT2D eigenvalue weighted by atomic mass is 16.4. The molecule has 0 saturated carbocycles. The molecular weight excluding hydrogens is 304 g/mol. The van der Waals surface area contributed by atoms with Gasteiger partial charge in [-0.15, -0.1) is 0 Å². The zero-order valence-corrected chi connectivity index (χ0v) is 14.6. The van der Waals surface area contributed by atoms with E-state index in [4.69, 9.17) is 5.11 Å². The third-order valence-corrected chi connectivity index (χ3v) is 4.31. The van der Waals surface area contributed by atoms with Gasteiger partial charge >= 0.3 is 5.97 Å². The minimum absolute atomic E-state index is 0.130. The first-order valence-corrected chi connectivity index (χ1v) is 8.13. The molecule has 0 spiro atoms. The quantitative estimate of drug-likeness (QED) is 0.850. The van der Waals surface area contributed by atoms with Crippen molar-refractivity contribution in [3.05, 3.63) is 52.8 Å². The van der Waals surface area contributed by atoms with Gasteiger partial charge in [0.2, 0.25) is 0 Å². The topological polar surface area (TPSA) is 71.3 Å². The van der Waals surface area contributed by atoms with Gasteiger partial charge in [-0.2, -0.15) is 0 Å². The second-order valence-electron chi connectivity index (χ2n) is 6.12. The minimum atomic E-state index is -0.807. The van der Waals surface area contributed by atoms with Crippen molar-refractivity contribution >= 4 is 17.6 Å². The molecule has 1 heterocycles. The number of carbonyl (C=O) groups is 2. The van der Waals surface area contributed by atoms with E-state index in [1.54, 1.807) is 19.1 Å². The van der Waals surface area contributed by atoms with Gasteiger partial charge in [0.1, 0.15) is 0 Å². The molecule has 24 heavy (non-hydrogen) atoms. The van der Waals surface area contributed by atoms with Gasteiger partial charge in [0, 0.05) is 23.6 Å². The molecule has 2 rings (SSSR count). The summed E-state index contributed by atoms with van der Waals surface area (Å²) in [5.41, 5.74) is 4.34. The second kappa shape index (κ2) is 7.34. The van der Waals surface area contributed by atoms with E-state index in [-0.39, 0.29) is 5.91 Å². The molecule has 0 radical (unpaired) electrons. The van der Waals surface area contributed by atoms with Crippen LogP contribution in [0.1, 0.15) is 41.2 Å². The number of carbonyl (C=O) groups excluding carboxylic acids is 1. The van der Waals surface area contributed by atoms with E-state index in [2.05, 4.69) is 16.8 Å². The van der Waals surface area contributed by atoms with E-state index in [1.807, 2.05) is 32.0 Å². The predicted molar refractivity (Wildman–Crippen MR) is 94.5 cm³/mol. The van der Waals surface area contributed by atoms with Gasteiger partial charge in [-0.25, -0.2) is 0 Å². The van der Waals surface area contributed by atoms with E-state index in [0.29, 0.717) is 17.7 Å². The number of aryl methyl sites for hydroxylation is 1. The second-order valence-corrected chi connectivity index (χ2v) is 6.12. The summed E-state index contributed by atoms with van der Waals surface area (Å²) in [6.07, 6.45) is 0.473. The maximum Gasteiger partial charge on any atom is 0.306 e. The molecule has 0 fully saturated rings. The number of amides is 1. The van der Waals surface area contributed by atoms with Crippen LogP contribution in [0, 0.1) is 19.8 Å². The van der Waals surface area contributed by atoms with Crippen molar-refractivity contribution in [1.82, 2.24) is 4.57 Å². The van der Waals surface area contributed by atoms with Crippen LogP contribution >= 0.6 is 0 Å². The van der Waals surface area contributed by atoms with Crippen molar-refractivity contribution in [2.45, 2.75) is 40.7 Å². The van der Waals surface area contributed by atoms with Gasteiger partial charge in [0.05, 0.1) is 11.5 Å². The smallest absolute Gasteiger partial charge is 0.306 e. The molecule has 0 saturated heterocycles. The van der Waals surface area contributed by atoms with Crippen molar-refractivity contribution in [3.8, 4) is 0 Å². The fraction of sp³-hybridized carbons (Fsp3) is 0.368. The number of nitrogens with zero attached hydrogens (tertiary/aromatic N) is 1. The lowest BCUT2D eigenvalue weighted by atomic mass is 10.0. The van der Waals surface area contributed by atoms with Gasteiger partial charge in [-0.05, 0) is 51.0 Å². The minimum Gasteiger partial charge on any atom is -0.481 e. The number of nitrogens with one attached hydrogen (secondary N) is 1. The average Bonchev–Trinajstić information content (AvgIpc) is 2.83. The predicted octanol–water partition coefficient (Wildman–Crippen LogP) is 3.64. The first-order valence-electron chi connectivity index (χ1n) is 8.13. The van der Waals surface area contributed by atoms with Gasteiger partial charge in [0.25, 0.3) is 5.91 Å². The highest BCUT2D eigenvalue weighted by Crippen LogP contribution is 2.18. The highest BCUT2D eigenvalue weighted by Gasteiger charge is 2.15. The van der Waals surface area contributed by atoms with Crippen LogP contribution in [0.4, 0.5) is 5.69 Å². The normalized spacial score (nSPS) is 12.0. The van der Waals surface area contributed by atoms with E-state index in [0.717, 1.165) is 23.5 Å².